The summed E-state index contributed by atoms with van der Waals surface area (Å²) < 4.78 is 49.2. The maximum Gasteiger partial charge on any atom is 0.417 e. The van der Waals surface area contributed by atoms with Crippen LogP contribution in [0.5, 0.6) is 0 Å². The molecule has 0 atom stereocenters. The number of carbonyl (C=O) groups is 1. The second-order valence-electron chi connectivity index (χ2n) is 2.60. The summed E-state index contributed by atoms with van der Waals surface area (Å²) in [5.41, 5.74) is -1.17. The lowest BCUT2D eigenvalue weighted by molar-refractivity contribution is -0.138. The van der Waals surface area contributed by atoms with Gasteiger partial charge in [-0.25, -0.2) is 9.37 Å². The molecule has 15 heavy (non-hydrogen) atoms. The van der Waals surface area contributed by atoms with Gasteiger partial charge in [-0.15, -0.1) is 0 Å². The highest BCUT2D eigenvalue weighted by atomic mass is 19.4. The van der Waals surface area contributed by atoms with Gasteiger partial charge in [-0.2, -0.15) is 13.2 Å². The molecule has 82 valence electrons. The molecule has 1 rings (SSSR count). The monoisotopic (exact) mass is 222 g/mol. The van der Waals surface area contributed by atoms with E-state index in [0.29, 0.717) is 18.5 Å². The molecule has 7 heteroatoms. The van der Waals surface area contributed by atoms with E-state index in [1.54, 1.807) is 0 Å². The van der Waals surface area contributed by atoms with E-state index in [-0.39, 0.29) is 12.4 Å². The van der Waals surface area contributed by atoms with Crippen LogP contribution in [0.4, 0.5) is 23.4 Å². The lowest BCUT2D eigenvalue weighted by Gasteiger charge is -2.08. The normalized spacial score (nSPS) is 11.2. The summed E-state index contributed by atoms with van der Waals surface area (Å²) in [4.78, 5) is 13.1. The number of anilines is 1. The molecular weight excluding hydrogens is 216 g/mol. The molecule has 0 aliphatic heterocycles. The van der Waals surface area contributed by atoms with Crippen LogP contribution in [0.3, 0.4) is 0 Å². The Kier molecular flexibility index (Phi) is 3.23. The minimum atomic E-state index is -4.63. The number of pyridine rings is 1. The second kappa shape index (κ2) is 4.24. The van der Waals surface area contributed by atoms with Gasteiger partial charge >= 0.3 is 6.18 Å². The zero-order valence-electron chi connectivity index (χ0n) is 7.31. The van der Waals surface area contributed by atoms with Crippen molar-refractivity contribution in [2.45, 2.75) is 6.18 Å². The van der Waals surface area contributed by atoms with Gasteiger partial charge in [0.15, 0.2) is 11.6 Å². The van der Waals surface area contributed by atoms with Crippen LogP contribution in [-0.4, -0.2) is 17.8 Å². The Bertz CT molecular complexity index is 364. The SMILES string of the molecule is O=CCNc1ncc(C(F)(F)F)cc1F. The lowest BCUT2D eigenvalue weighted by Crippen LogP contribution is -2.10. The third-order valence-corrected chi connectivity index (χ3v) is 1.52. The fourth-order valence-electron chi connectivity index (χ4n) is 0.861. The van der Waals surface area contributed by atoms with Crippen molar-refractivity contribution in [3.05, 3.63) is 23.6 Å². The number of nitrogens with zero attached hydrogens (tertiary/aromatic N) is 1. The Balaban J connectivity index is 2.93. The largest absolute Gasteiger partial charge is 0.417 e. The maximum absolute atomic E-state index is 13.0. The zero-order valence-corrected chi connectivity index (χ0v) is 7.31. The third-order valence-electron chi connectivity index (χ3n) is 1.52. The van der Waals surface area contributed by atoms with E-state index in [0.717, 1.165) is 0 Å². The average molecular weight is 222 g/mol. The van der Waals surface area contributed by atoms with Crippen LogP contribution in [0.25, 0.3) is 0 Å². The van der Waals surface area contributed by atoms with Crippen molar-refractivity contribution in [2.24, 2.45) is 0 Å². The van der Waals surface area contributed by atoms with Crippen LogP contribution in [0, 0.1) is 5.82 Å². The summed E-state index contributed by atoms with van der Waals surface area (Å²) in [6.45, 7) is -0.213. The van der Waals surface area contributed by atoms with Crippen LogP contribution in [0.2, 0.25) is 0 Å². The lowest BCUT2D eigenvalue weighted by atomic mass is 10.2. The number of carbonyl (C=O) groups excluding carboxylic acids is 1. The minimum absolute atomic E-state index is 0.213. The molecule has 0 saturated heterocycles. The van der Waals surface area contributed by atoms with Gasteiger partial charge in [0.1, 0.15) is 6.29 Å². The number of aldehydes is 1. The molecule has 3 nitrogen and oxygen atoms in total. The number of aromatic nitrogens is 1. The predicted octanol–water partition coefficient (Wildman–Crippen LogP) is 1.85. The quantitative estimate of drug-likeness (QED) is 0.626. The van der Waals surface area contributed by atoms with Gasteiger partial charge in [0, 0.05) is 6.20 Å². The first-order chi connectivity index (χ1) is 6.95. The number of halogens is 4. The highest BCUT2D eigenvalue weighted by Gasteiger charge is 2.31. The summed E-state index contributed by atoms with van der Waals surface area (Å²) >= 11 is 0. The summed E-state index contributed by atoms with van der Waals surface area (Å²) in [5.74, 6) is -1.53. The Hall–Kier alpha value is -1.66. The molecular formula is C8H6F4N2O. The van der Waals surface area contributed by atoms with Crippen molar-refractivity contribution in [1.29, 1.82) is 0 Å². The Morgan fingerprint density at radius 2 is 2.13 bits per heavy atom. The number of rotatable bonds is 3. The van der Waals surface area contributed by atoms with E-state index in [4.69, 9.17) is 0 Å². The van der Waals surface area contributed by atoms with Crippen LogP contribution in [0.1, 0.15) is 5.56 Å². The van der Waals surface area contributed by atoms with Crippen molar-refractivity contribution in [1.82, 2.24) is 4.98 Å². The number of alkyl halides is 3. The van der Waals surface area contributed by atoms with Gasteiger partial charge in [-0.1, -0.05) is 0 Å². The Labute approximate surface area is 82.1 Å². The highest BCUT2D eigenvalue weighted by molar-refractivity contribution is 5.57. The van der Waals surface area contributed by atoms with Crippen LogP contribution in [0.15, 0.2) is 12.3 Å². The Morgan fingerprint density at radius 1 is 1.47 bits per heavy atom. The van der Waals surface area contributed by atoms with Crippen molar-refractivity contribution in [3.8, 4) is 0 Å². The van der Waals surface area contributed by atoms with Crippen LogP contribution >= 0.6 is 0 Å². The fraction of sp³-hybridized carbons (Fsp3) is 0.250. The minimum Gasteiger partial charge on any atom is -0.361 e. The third kappa shape index (κ3) is 2.90. The number of hydrogen-bond acceptors (Lipinski definition) is 3. The highest BCUT2D eigenvalue weighted by Crippen LogP contribution is 2.29. The van der Waals surface area contributed by atoms with Gasteiger partial charge in [-0.05, 0) is 6.07 Å². The molecule has 0 aliphatic rings. The molecule has 0 aromatic carbocycles. The molecule has 0 radical (unpaired) electrons. The summed E-state index contributed by atoms with van der Waals surface area (Å²) in [5, 5.41) is 2.22. The molecule has 0 amide bonds. The zero-order chi connectivity index (χ0) is 11.5. The first-order valence-corrected chi connectivity index (χ1v) is 3.85. The summed E-state index contributed by atoms with van der Waals surface area (Å²) in [7, 11) is 0. The first kappa shape index (κ1) is 11.4. The van der Waals surface area contributed by atoms with E-state index in [1.165, 1.54) is 0 Å². The van der Waals surface area contributed by atoms with Crippen molar-refractivity contribution >= 4 is 12.1 Å². The van der Waals surface area contributed by atoms with E-state index >= 15 is 0 Å². The molecule has 0 spiro atoms. The van der Waals surface area contributed by atoms with E-state index < -0.39 is 17.6 Å². The van der Waals surface area contributed by atoms with E-state index in [2.05, 4.69) is 10.3 Å². The fourth-order valence-corrected chi connectivity index (χ4v) is 0.861. The second-order valence-corrected chi connectivity index (χ2v) is 2.60. The van der Waals surface area contributed by atoms with E-state index in [1.807, 2.05) is 0 Å². The molecule has 1 aromatic heterocycles. The van der Waals surface area contributed by atoms with Gasteiger partial charge in [-0.3, -0.25) is 0 Å². The molecule has 0 fully saturated rings. The van der Waals surface area contributed by atoms with Gasteiger partial charge in [0.05, 0.1) is 12.1 Å². The van der Waals surface area contributed by atoms with Crippen LogP contribution in [-0.2, 0) is 11.0 Å². The van der Waals surface area contributed by atoms with Crippen molar-refractivity contribution in [3.63, 3.8) is 0 Å². The van der Waals surface area contributed by atoms with Crippen molar-refractivity contribution in [2.75, 3.05) is 11.9 Å². The molecule has 1 heterocycles. The Morgan fingerprint density at radius 3 is 2.60 bits per heavy atom. The molecule has 0 aliphatic carbocycles. The average Bonchev–Trinajstić information content (AvgIpc) is 2.14. The standard InChI is InChI=1S/C8H6F4N2O/c9-6-3-5(8(10,11)12)4-14-7(6)13-1-2-15/h2-4H,1H2,(H,13,14). The smallest absolute Gasteiger partial charge is 0.361 e. The maximum atomic E-state index is 13.0. The molecule has 1 aromatic rings. The van der Waals surface area contributed by atoms with Crippen molar-refractivity contribution < 1.29 is 22.4 Å². The molecule has 1 N–H and O–H groups in total. The number of hydrogen-bond donors (Lipinski definition) is 1. The number of nitrogens with one attached hydrogen (secondary N) is 1. The van der Waals surface area contributed by atoms with Gasteiger partial charge in [0.2, 0.25) is 0 Å². The molecule has 0 saturated carbocycles. The molecule has 0 unspecified atom stereocenters. The van der Waals surface area contributed by atoms with E-state index in [9.17, 15) is 22.4 Å². The summed E-state index contributed by atoms with van der Waals surface area (Å²) in [6.07, 6.45) is -3.69. The predicted molar refractivity (Wildman–Crippen MR) is 43.8 cm³/mol. The topological polar surface area (TPSA) is 42.0 Å². The summed E-state index contributed by atoms with van der Waals surface area (Å²) in [6, 6.07) is 0.320. The van der Waals surface area contributed by atoms with Crippen LogP contribution < -0.4 is 5.32 Å². The van der Waals surface area contributed by atoms with Gasteiger partial charge in [0.25, 0.3) is 0 Å². The first-order valence-electron chi connectivity index (χ1n) is 3.85. The van der Waals surface area contributed by atoms with Gasteiger partial charge < -0.3 is 10.1 Å². The molecule has 0 bridgehead atoms.